The van der Waals surface area contributed by atoms with Gasteiger partial charge in [-0.25, -0.2) is 0 Å². The van der Waals surface area contributed by atoms with Gasteiger partial charge in [-0.2, -0.15) is 0 Å². The molecule has 0 aliphatic carbocycles. The summed E-state index contributed by atoms with van der Waals surface area (Å²) in [4.78, 5) is 0. The monoisotopic (exact) mass is 232 g/mol. The second kappa shape index (κ2) is 8.93. The van der Waals surface area contributed by atoms with Gasteiger partial charge in [0, 0.05) is 13.0 Å². The van der Waals surface area contributed by atoms with E-state index < -0.39 is 0 Å². The molecule has 0 saturated carbocycles. The average molecular weight is 232 g/mol. The first-order valence-electron chi connectivity index (χ1n) is 6.32. The summed E-state index contributed by atoms with van der Waals surface area (Å²) < 4.78 is 16.2. The molecule has 0 unspecified atom stereocenters. The first kappa shape index (κ1) is 13.9. The molecule has 4 nitrogen and oxygen atoms in total. The van der Waals surface area contributed by atoms with Crippen molar-refractivity contribution < 1.29 is 19.3 Å². The summed E-state index contributed by atoms with van der Waals surface area (Å²) >= 11 is 0. The zero-order chi connectivity index (χ0) is 11.6. The van der Waals surface area contributed by atoms with E-state index >= 15 is 0 Å². The quantitative estimate of drug-likeness (QED) is 0.615. The smallest absolute Gasteiger partial charge is 0.160 e. The Morgan fingerprint density at radius 3 is 2.81 bits per heavy atom. The van der Waals surface area contributed by atoms with E-state index in [2.05, 4.69) is 6.92 Å². The molecule has 1 aliphatic heterocycles. The highest BCUT2D eigenvalue weighted by molar-refractivity contribution is 4.63. The van der Waals surface area contributed by atoms with E-state index in [1.165, 1.54) is 19.3 Å². The molecule has 16 heavy (non-hydrogen) atoms. The third-order valence-electron chi connectivity index (χ3n) is 2.66. The fourth-order valence-corrected chi connectivity index (χ4v) is 1.67. The molecule has 2 atom stereocenters. The number of rotatable bonds is 9. The minimum Gasteiger partial charge on any atom is -0.394 e. The van der Waals surface area contributed by atoms with Gasteiger partial charge in [0.1, 0.15) is 6.10 Å². The summed E-state index contributed by atoms with van der Waals surface area (Å²) in [6.45, 7) is 4.24. The molecule has 96 valence electrons. The largest absolute Gasteiger partial charge is 0.394 e. The molecule has 1 fully saturated rings. The van der Waals surface area contributed by atoms with E-state index in [-0.39, 0.29) is 19.0 Å². The average Bonchev–Trinajstić information content (AvgIpc) is 2.76. The summed E-state index contributed by atoms with van der Waals surface area (Å²) in [6.07, 6.45) is 5.36. The van der Waals surface area contributed by atoms with E-state index in [1.807, 2.05) is 0 Å². The Hall–Kier alpha value is -0.160. The highest BCUT2D eigenvalue weighted by Gasteiger charge is 2.24. The molecular weight excluding hydrogens is 208 g/mol. The van der Waals surface area contributed by atoms with E-state index in [1.54, 1.807) is 0 Å². The summed E-state index contributed by atoms with van der Waals surface area (Å²) in [7, 11) is 0. The Kier molecular flexibility index (Phi) is 7.76. The molecule has 1 N–H and O–H groups in total. The van der Waals surface area contributed by atoms with Crippen molar-refractivity contribution >= 4 is 0 Å². The third-order valence-corrected chi connectivity index (χ3v) is 2.66. The molecule has 0 amide bonds. The fraction of sp³-hybridized carbons (Fsp3) is 1.00. The van der Waals surface area contributed by atoms with Crippen LogP contribution in [0.25, 0.3) is 0 Å². The van der Waals surface area contributed by atoms with Crippen molar-refractivity contribution in [2.75, 3.05) is 26.4 Å². The summed E-state index contributed by atoms with van der Waals surface area (Å²) in [6, 6.07) is 0. The fourth-order valence-electron chi connectivity index (χ4n) is 1.67. The number of hydrogen-bond donors (Lipinski definition) is 1. The Morgan fingerprint density at radius 1 is 1.25 bits per heavy atom. The van der Waals surface area contributed by atoms with Gasteiger partial charge in [-0.05, 0) is 6.42 Å². The van der Waals surface area contributed by atoms with Crippen molar-refractivity contribution in [3.63, 3.8) is 0 Å². The van der Waals surface area contributed by atoms with Crippen LogP contribution in [0.4, 0.5) is 0 Å². The first-order chi connectivity index (χ1) is 7.86. The van der Waals surface area contributed by atoms with Crippen molar-refractivity contribution in [3.8, 4) is 0 Å². The van der Waals surface area contributed by atoms with Crippen molar-refractivity contribution in [2.45, 2.75) is 51.4 Å². The zero-order valence-corrected chi connectivity index (χ0v) is 10.2. The molecule has 0 bridgehead atoms. The van der Waals surface area contributed by atoms with Crippen molar-refractivity contribution in [3.05, 3.63) is 0 Å². The predicted octanol–water partition coefficient (Wildman–Crippen LogP) is 1.71. The molecule has 0 radical (unpaired) electrons. The van der Waals surface area contributed by atoms with Gasteiger partial charge >= 0.3 is 0 Å². The summed E-state index contributed by atoms with van der Waals surface area (Å²) in [5.41, 5.74) is 0. The lowest BCUT2D eigenvalue weighted by Gasteiger charge is -2.10. The predicted molar refractivity (Wildman–Crippen MR) is 61.3 cm³/mol. The van der Waals surface area contributed by atoms with Crippen LogP contribution in [0.1, 0.15) is 39.0 Å². The van der Waals surface area contributed by atoms with E-state index in [9.17, 15) is 0 Å². The van der Waals surface area contributed by atoms with Gasteiger partial charge in [0.05, 0.1) is 19.8 Å². The normalized spacial score (nSPS) is 25.1. The van der Waals surface area contributed by atoms with E-state index in [0.29, 0.717) is 13.2 Å². The first-order valence-corrected chi connectivity index (χ1v) is 6.32. The summed E-state index contributed by atoms with van der Waals surface area (Å²) in [5.74, 6) is 0. The molecule has 1 aliphatic rings. The summed E-state index contributed by atoms with van der Waals surface area (Å²) in [5, 5.41) is 8.84. The molecule has 0 spiro atoms. The van der Waals surface area contributed by atoms with E-state index in [0.717, 1.165) is 19.4 Å². The van der Waals surface area contributed by atoms with Crippen LogP contribution in [0.2, 0.25) is 0 Å². The number of aliphatic hydroxyl groups is 1. The van der Waals surface area contributed by atoms with Gasteiger partial charge in [-0.15, -0.1) is 0 Å². The minimum atomic E-state index is -0.187. The number of hydrogen-bond acceptors (Lipinski definition) is 4. The van der Waals surface area contributed by atoms with Gasteiger partial charge in [-0.3, -0.25) is 0 Å². The maximum atomic E-state index is 8.84. The Labute approximate surface area is 97.9 Å². The van der Waals surface area contributed by atoms with Gasteiger partial charge in [-0.1, -0.05) is 26.2 Å². The Bertz CT molecular complexity index is 163. The molecular formula is C12H24O4. The van der Waals surface area contributed by atoms with Crippen molar-refractivity contribution in [1.82, 2.24) is 0 Å². The third kappa shape index (κ3) is 5.80. The zero-order valence-electron chi connectivity index (χ0n) is 10.2. The minimum absolute atomic E-state index is 0.0361. The van der Waals surface area contributed by atoms with Crippen LogP contribution in [-0.4, -0.2) is 43.9 Å². The van der Waals surface area contributed by atoms with Crippen LogP contribution in [0.3, 0.4) is 0 Å². The molecule has 0 aromatic heterocycles. The molecule has 1 rings (SSSR count). The lowest BCUT2D eigenvalue weighted by atomic mass is 10.2. The molecule has 0 aromatic rings. The second-order valence-electron chi connectivity index (χ2n) is 4.17. The van der Waals surface area contributed by atoms with Gasteiger partial charge in [0.2, 0.25) is 0 Å². The number of ether oxygens (including phenoxy) is 3. The molecule has 1 heterocycles. The van der Waals surface area contributed by atoms with Crippen LogP contribution >= 0.6 is 0 Å². The van der Waals surface area contributed by atoms with E-state index in [4.69, 9.17) is 19.3 Å². The lowest BCUT2D eigenvalue weighted by molar-refractivity contribution is -0.0810. The van der Waals surface area contributed by atoms with Gasteiger partial charge in [0.25, 0.3) is 0 Å². The number of aliphatic hydroxyl groups excluding tert-OH is 1. The Morgan fingerprint density at radius 2 is 2.12 bits per heavy atom. The maximum Gasteiger partial charge on any atom is 0.160 e. The maximum absolute atomic E-state index is 8.84. The molecule has 1 saturated heterocycles. The van der Waals surface area contributed by atoms with Crippen LogP contribution in [0.5, 0.6) is 0 Å². The highest BCUT2D eigenvalue weighted by Crippen LogP contribution is 2.14. The molecule has 4 heteroatoms. The number of unbranched alkanes of at least 4 members (excludes halogenated alkanes) is 3. The second-order valence-corrected chi connectivity index (χ2v) is 4.17. The SMILES string of the molecule is CCCCCCOCC[C@H]1OC[C@H](CO)O1. The van der Waals surface area contributed by atoms with Crippen LogP contribution in [0.15, 0.2) is 0 Å². The van der Waals surface area contributed by atoms with Crippen molar-refractivity contribution in [2.24, 2.45) is 0 Å². The van der Waals surface area contributed by atoms with Crippen LogP contribution < -0.4 is 0 Å². The van der Waals surface area contributed by atoms with Crippen LogP contribution in [0, 0.1) is 0 Å². The lowest BCUT2D eigenvalue weighted by Crippen LogP contribution is -2.17. The highest BCUT2D eigenvalue weighted by atomic mass is 16.7. The topological polar surface area (TPSA) is 47.9 Å². The Balaban J connectivity index is 1.84. The standard InChI is InChI=1S/C12H24O4/c1-2-3-4-5-7-14-8-6-12-15-10-11(9-13)16-12/h11-13H,2-10H2,1H3/t11-,12-/m0/s1. The van der Waals surface area contributed by atoms with Crippen molar-refractivity contribution in [1.29, 1.82) is 0 Å². The molecule has 0 aromatic carbocycles. The van der Waals surface area contributed by atoms with Gasteiger partial charge < -0.3 is 19.3 Å². The van der Waals surface area contributed by atoms with Gasteiger partial charge in [0.15, 0.2) is 6.29 Å². The van der Waals surface area contributed by atoms with Crippen LogP contribution in [-0.2, 0) is 14.2 Å².